The molecule has 0 saturated carbocycles. The Balaban J connectivity index is 4.69. The van der Waals surface area contributed by atoms with Crippen LogP contribution in [0.5, 0.6) is 0 Å². The number of unbranched alkanes of at least 4 members (excludes halogenated alkanes) is 14. The second-order valence-electron chi connectivity index (χ2n) is 10.2. The zero-order valence-electron chi connectivity index (χ0n) is 24.6. The Bertz CT molecular complexity index is 565. The smallest absolute Gasteiger partial charge is 0.461 e. The molecule has 0 rings (SSSR count). The predicted molar refractivity (Wildman–Crippen MR) is 157 cm³/mol. The predicted octanol–water partition coefficient (Wildman–Crippen LogP) is 9.15. The van der Waals surface area contributed by atoms with Crippen molar-refractivity contribution < 1.29 is 28.5 Å². The van der Waals surface area contributed by atoms with Crippen molar-refractivity contribution in [3.05, 3.63) is 0 Å². The molecule has 6 nitrogen and oxygen atoms in total. The van der Waals surface area contributed by atoms with E-state index in [1.54, 1.807) is 0 Å². The number of hydrogen-bond acceptors (Lipinski definition) is 7. The number of esters is 1. The molecule has 0 aromatic carbocycles. The number of carbonyl (C=O) groups excluding carboxylic acids is 1. The third-order valence-electron chi connectivity index (χ3n) is 6.66. The van der Waals surface area contributed by atoms with Gasteiger partial charge in [-0.1, -0.05) is 117 Å². The van der Waals surface area contributed by atoms with Crippen LogP contribution in [-0.2, 0) is 23.4 Å². The van der Waals surface area contributed by atoms with Crippen LogP contribution in [0.4, 0.5) is 0 Å². The molecule has 0 spiro atoms. The van der Waals surface area contributed by atoms with Gasteiger partial charge < -0.3 is 9.84 Å². The molecule has 0 aliphatic rings. The van der Waals surface area contributed by atoms with Gasteiger partial charge in [-0.2, -0.15) is 11.8 Å². The molecule has 0 aromatic heterocycles. The molecular weight excluding hydrogens is 507 g/mol. The highest BCUT2D eigenvalue weighted by Crippen LogP contribution is 2.43. The number of carbonyl (C=O) groups is 1. The highest BCUT2D eigenvalue weighted by molar-refractivity contribution is 7.99. The standard InChI is InChI=1S/C29H58O6PS/c1-6-9-11-13-15-16-17-18-20-22-25-37-27(23-21-19-14-12-10-7-2)26(4)35-36(32)29(31,28(30)33-5)34-24-8-3/h26-27,31H,6-25H2,1-5H3/q+1. The summed E-state index contributed by atoms with van der Waals surface area (Å²) in [6.45, 7) is 8.29. The van der Waals surface area contributed by atoms with Crippen LogP contribution in [0.2, 0.25) is 0 Å². The first kappa shape index (κ1) is 36.8. The Hall–Kier alpha value is -0.200. The van der Waals surface area contributed by atoms with Gasteiger partial charge in [0.1, 0.15) is 6.10 Å². The van der Waals surface area contributed by atoms with Crippen molar-refractivity contribution in [1.29, 1.82) is 0 Å². The van der Waals surface area contributed by atoms with Crippen molar-refractivity contribution >= 4 is 25.8 Å². The van der Waals surface area contributed by atoms with E-state index in [0.717, 1.165) is 32.1 Å². The van der Waals surface area contributed by atoms with E-state index in [1.165, 1.54) is 89.9 Å². The summed E-state index contributed by atoms with van der Waals surface area (Å²) >= 11 is 1.87. The summed E-state index contributed by atoms with van der Waals surface area (Å²) in [5.41, 5.74) is -2.57. The Morgan fingerprint density at radius 1 is 0.811 bits per heavy atom. The second-order valence-corrected chi connectivity index (χ2v) is 12.8. The second kappa shape index (κ2) is 24.8. The van der Waals surface area contributed by atoms with Gasteiger partial charge >= 0.3 is 19.5 Å². The van der Waals surface area contributed by atoms with Gasteiger partial charge in [-0.05, 0) is 36.5 Å². The van der Waals surface area contributed by atoms with E-state index in [2.05, 4.69) is 18.6 Å². The highest BCUT2D eigenvalue weighted by Gasteiger charge is 2.62. The fraction of sp³-hybridized carbons (Fsp3) is 0.966. The lowest BCUT2D eigenvalue weighted by Crippen LogP contribution is -2.40. The van der Waals surface area contributed by atoms with Crippen molar-refractivity contribution in [3.8, 4) is 0 Å². The van der Waals surface area contributed by atoms with Gasteiger partial charge in [-0.15, -0.1) is 4.52 Å². The molecule has 37 heavy (non-hydrogen) atoms. The quantitative estimate of drug-likeness (QED) is 0.0460. The summed E-state index contributed by atoms with van der Waals surface area (Å²) in [5, 5.41) is 10.8. The van der Waals surface area contributed by atoms with Crippen molar-refractivity contribution in [3.63, 3.8) is 0 Å². The van der Waals surface area contributed by atoms with E-state index >= 15 is 0 Å². The van der Waals surface area contributed by atoms with E-state index < -0.39 is 19.5 Å². The van der Waals surface area contributed by atoms with Crippen LogP contribution in [0.25, 0.3) is 0 Å². The monoisotopic (exact) mass is 565 g/mol. The number of rotatable bonds is 27. The molecule has 0 radical (unpaired) electrons. The van der Waals surface area contributed by atoms with Crippen LogP contribution in [0.3, 0.4) is 0 Å². The average molecular weight is 566 g/mol. The Morgan fingerprint density at radius 3 is 1.78 bits per heavy atom. The van der Waals surface area contributed by atoms with Gasteiger partial charge in [-0.25, -0.2) is 4.79 Å². The van der Waals surface area contributed by atoms with Gasteiger partial charge in [0.05, 0.1) is 13.7 Å². The number of ether oxygens (including phenoxy) is 2. The first-order valence-electron chi connectivity index (χ1n) is 15.1. The highest BCUT2D eigenvalue weighted by atomic mass is 32.2. The van der Waals surface area contributed by atoms with Crippen molar-refractivity contribution in [2.45, 2.75) is 160 Å². The zero-order valence-corrected chi connectivity index (χ0v) is 26.4. The normalized spacial score (nSPS) is 15.2. The molecule has 0 aliphatic heterocycles. The number of aliphatic hydroxyl groups is 1. The molecule has 1 N–H and O–H groups in total. The minimum Gasteiger partial charge on any atom is -0.461 e. The van der Waals surface area contributed by atoms with Gasteiger partial charge in [0.15, 0.2) is 0 Å². The van der Waals surface area contributed by atoms with Crippen LogP contribution in [0.1, 0.15) is 143 Å². The average Bonchev–Trinajstić information content (AvgIpc) is 2.90. The third-order valence-corrected chi connectivity index (χ3v) is 9.57. The van der Waals surface area contributed by atoms with E-state index in [9.17, 15) is 14.5 Å². The van der Waals surface area contributed by atoms with Crippen LogP contribution in [0.15, 0.2) is 0 Å². The fourth-order valence-corrected chi connectivity index (χ4v) is 6.70. The third kappa shape index (κ3) is 17.9. The SMILES string of the molecule is CCCCCCCCCCCCSC(CCCCCCCC)C(C)O[P+](=O)C(O)(OCCC)C(=O)OC. The maximum Gasteiger partial charge on any atom is 0.589 e. The van der Waals surface area contributed by atoms with Gasteiger partial charge in [0.25, 0.3) is 0 Å². The lowest BCUT2D eigenvalue weighted by atomic mass is 10.1. The molecule has 0 amide bonds. The summed E-state index contributed by atoms with van der Waals surface area (Å²) in [4.78, 5) is 12.1. The Kier molecular flexibility index (Phi) is 24.7. The molecule has 0 heterocycles. The van der Waals surface area contributed by atoms with Crippen molar-refractivity contribution in [1.82, 2.24) is 0 Å². The van der Waals surface area contributed by atoms with Crippen molar-refractivity contribution in [2.24, 2.45) is 0 Å². The first-order chi connectivity index (χ1) is 17.9. The molecule has 0 aromatic rings. The van der Waals surface area contributed by atoms with Crippen LogP contribution >= 0.6 is 19.8 Å². The van der Waals surface area contributed by atoms with E-state index in [0.29, 0.717) is 6.42 Å². The van der Waals surface area contributed by atoms with Gasteiger partial charge in [-0.3, -0.25) is 4.74 Å². The molecule has 4 unspecified atom stereocenters. The molecule has 0 fully saturated rings. The minimum atomic E-state index is -2.82. The van der Waals surface area contributed by atoms with Crippen LogP contribution < -0.4 is 0 Å². The molecular formula is C29H58O6PS+. The Morgan fingerprint density at radius 2 is 1.30 bits per heavy atom. The van der Waals surface area contributed by atoms with Gasteiger partial charge in [0.2, 0.25) is 0 Å². The number of hydrogen-bond donors (Lipinski definition) is 1. The topological polar surface area (TPSA) is 82.1 Å². The fourth-order valence-electron chi connectivity index (χ4n) is 4.26. The molecule has 220 valence electrons. The number of thioether (sulfide) groups is 1. The summed E-state index contributed by atoms with van der Waals surface area (Å²) < 4.78 is 28.6. The molecule has 4 atom stereocenters. The van der Waals surface area contributed by atoms with Gasteiger partial charge in [0, 0.05) is 5.25 Å². The summed E-state index contributed by atoms with van der Waals surface area (Å²) in [6, 6.07) is 0. The summed E-state index contributed by atoms with van der Waals surface area (Å²) in [7, 11) is -1.68. The molecule has 0 saturated heterocycles. The lowest BCUT2D eigenvalue weighted by Gasteiger charge is -2.21. The molecule has 0 aliphatic carbocycles. The van der Waals surface area contributed by atoms with Crippen LogP contribution in [-0.4, -0.2) is 47.4 Å². The minimum absolute atomic E-state index is 0.0824. The van der Waals surface area contributed by atoms with Crippen LogP contribution in [0, 0.1) is 0 Å². The zero-order chi connectivity index (χ0) is 27.8. The number of methoxy groups -OCH3 is 1. The van der Waals surface area contributed by atoms with E-state index in [-0.39, 0.29) is 18.0 Å². The molecule has 8 heteroatoms. The van der Waals surface area contributed by atoms with E-state index in [4.69, 9.17) is 9.26 Å². The van der Waals surface area contributed by atoms with E-state index in [1.807, 2.05) is 25.6 Å². The Labute approximate surface area is 233 Å². The summed E-state index contributed by atoms with van der Waals surface area (Å²) in [5.74, 6) is -0.0468. The van der Waals surface area contributed by atoms with Crippen molar-refractivity contribution in [2.75, 3.05) is 19.5 Å². The first-order valence-corrected chi connectivity index (χ1v) is 17.3. The maximum atomic E-state index is 12.9. The summed E-state index contributed by atoms with van der Waals surface area (Å²) in [6.07, 6.45) is 21.6. The maximum absolute atomic E-state index is 12.9. The lowest BCUT2D eigenvalue weighted by molar-refractivity contribution is -0.196. The molecule has 0 bridgehead atoms. The largest absolute Gasteiger partial charge is 0.589 e.